The summed E-state index contributed by atoms with van der Waals surface area (Å²) in [7, 11) is 0. The molecule has 0 bridgehead atoms. The van der Waals surface area contributed by atoms with Gasteiger partial charge in [-0.1, -0.05) is 252 Å². The molecule has 0 saturated carbocycles. The Morgan fingerprint density at radius 1 is 0.245 bits per heavy atom. The van der Waals surface area contributed by atoms with Crippen molar-refractivity contribution in [1.82, 2.24) is 9.13 Å². The quantitative estimate of drug-likeness (QED) is 0.157. The zero-order valence-electron chi connectivity index (χ0n) is 54.7. The van der Waals surface area contributed by atoms with E-state index in [1.54, 1.807) is 0 Å². The highest BCUT2D eigenvalue weighted by Gasteiger charge is 2.40. The minimum Gasteiger partial charge on any atom is -0.309 e. The van der Waals surface area contributed by atoms with Gasteiger partial charge in [0.25, 0.3) is 0 Å². The molecule has 15 aromatic carbocycles. The molecule has 0 saturated heterocycles. The lowest BCUT2D eigenvalue weighted by atomic mass is 9.80. The summed E-state index contributed by atoms with van der Waals surface area (Å²) in [4.78, 5) is 0. The number of rotatable bonds is 6. The first kappa shape index (κ1) is 56.9. The van der Waals surface area contributed by atoms with Gasteiger partial charge in [-0.3, -0.25) is 0 Å². The van der Waals surface area contributed by atoms with Crippen LogP contribution in [-0.4, -0.2) is 9.13 Å². The molecule has 0 aliphatic heterocycles. The molecule has 0 unspecified atom stereocenters. The van der Waals surface area contributed by atoms with Gasteiger partial charge in [0, 0.05) is 84.1 Å². The zero-order chi connectivity index (χ0) is 65.1. The van der Waals surface area contributed by atoms with Crippen molar-refractivity contribution in [3.05, 3.63) is 338 Å². The average Bonchev–Trinajstić information content (AvgIpc) is 1.55. The fraction of sp³-hybridized carbons (Fsp3) is 0.0638. The zero-order valence-corrected chi connectivity index (χ0v) is 56.4. The Labute approximate surface area is 576 Å². The minimum absolute atomic E-state index is 0.0838. The Morgan fingerprint density at radius 3 is 1.32 bits per heavy atom. The summed E-state index contributed by atoms with van der Waals surface area (Å²) in [6.45, 7) is 9.64. The van der Waals surface area contributed by atoms with Crippen LogP contribution < -0.4 is 0 Å². The minimum atomic E-state index is -0.148. The summed E-state index contributed by atoms with van der Waals surface area (Å²) in [6.07, 6.45) is 0. The molecule has 2 aliphatic rings. The van der Waals surface area contributed by atoms with Gasteiger partial charge in [0.2, 0.25) is 0 Å². The number of nitrogens with zero attached hydrogens (tertiary/aromatic N) is 2. The molecular weight excluding hydrogens is 1220 g/mol. The number of hydrogen-bond donors (Lipinski definition) is 0. The first-order valence-corrected chi connectivity index (χ1v) is 35.7. The predicted molar refractivity (Wildman–Crippen MR) is 422 cm³/mol. The molecule has 0 N–H and O–H groups in total. The van der Waals surface area contributed by atoms with E-state index in [0.29, 0.717) is 0 Å². The van der Waals surface area contributed by atoms with Crippen LogP contribution in [0.15, 0.2) is 315 Å². The standard InChI is InChI=1S/C49H33NS.C45H31NS/c1-49(2)42-29-34(21-22-37(42)38-23-26-46-47(48(38)49)39-16-8-9-18-45(39)51-46)50-43-24-19-32(30-11-4-3-5-12-30)27-40(43)41-28-33(20-25-44(41)50)36-17-10-14-31-13-6-7-15-35(31)36;1-45(2)39-22-19-32(27-36(39)34-20-21-35-33-15-9-10-16-42(33)47-44(35)43(34)45)46-40-23-17-30(28-11-5-3-6-12-28)25-37(40)38-26-31(18-24-41(38)46)29-13-7-4-8-14-29/h3-29H,1-2H3;3-27H,1-2H3. The van der Waals surface area contributed by atoms with Gasteiger partial charge in [-0.25, -0.2) is 0 Å². The normalized spacial score (nSPS) is 13.5. The van der Waals surface area contributed by atoms with E-state index in [-0.39, 0.29) is 10.8 Å². The van der Waals surface area contributed by atoms with Gasteiger partial charge in [0.05, 0.1) is 22.1 Å². The van der Waals surface area contributed by atoms with Crippen LogP contribution in [0.5, 0.6) is 0 Å². The van der Waals surface area contributed by atoms with Crippen LogP contribution in [-0.2, 0) is 10.8 Å². The van der Waals surface area contributed by atoms with Gasteiger partial charge in [0.15, 0.2) is 0 Å². The van der Waals surface area contributed by atoms with E-state index < -0.39 is 0 Å². The Hall–Kier alpha value is -11.4. The summed E-state index contributed by atoms with van der Waals surface area (Å²) in [5.74, 6) is 0. The van der Waals surface area contributed by atoms with E-state index in [4.69, 9.17) is 0 Å². The highest BCUT2D eigenvalue weighted by atomic mass is 32.1. The largest absolute Gasteiger partial charge is 0.309 e. The van der Waals surface area contributed by atoms with Gasteiger partial charge >= 0.3 is 0 Å². The number of benzene rings is 15. The van der Waals surface area contributed by atoms with Crippen LogP contribution >= 0.6 is 22.7 Å². The topological polar surface area (TPSA) is 9.86 Å². The third kappa shape index (κ3) is 8.51. The number of hydrogen-bond acceptors (Lipinski definition) is 2. The van der Waals surface area contributed by atoms with Crippen LogP contribution in [0.2, 0.25) is 0 Å². The number of fused-ring (bicyclic) bond motifs is 21. The molecule has 0 atom stereocenters. The third-order valence-corrected chi connectivity index (χ3v) is 24.1. The van der Waals surface area contributed by atoms with Crippen molar-refractivity contribution in [3.63, 3.8) is 0 Å². The highest BCUT2D eigenvalue weighted by Crippen LogP contribution is 2.57. The van der Waals surface area contributed by atoms with E-state index in [9.17, 15) is 0 Å². The van der Waals surface area contributed by atoms with Gasteiger partial charge < -0.3 is 9.13 Å². The second-order valence-corrected chi connectivity index (χ2v) is 30.0. The van der Waals surface area contributed by atoms with Crippen molar-refractivity contribution in [2.24, 2.45) is 0 Å². The summed E-state index contributed by atoms with van der Waals surface area (Å²) in [5, 5.41) is 13.1. The van der Waals surface area contributed by atoms with Crippen LogP contribution in [0.1, 0.15) is 49.9 Å². The lowest BCUT2D eigenvalue weighted by molar-refractivity contribution is 0.666. The SMILES string of the molecule is CC1(C)c2cc(-n3c4ccc(-c5ccccc5)cc4c4cc(-c5cccc6ccccc56)ccc43)ccc2-c2ccc3sc4ccccc4c3c21.CC1(C)c2ccc(-n3c4ccc(-c5ccccc5)cc4c4cc(-c5ccccc5)ccc43)cc2-c2ccc3c(sc4ccccc43)c21. The lowest BCUT2D eigenvalue weighted by Crippen LogP contribution is -2.15. The molecular formula is C94H64N2S2. The fourth-order valence-electron chi connectivity index (χ4n) is 17.1. The predicted octanol–water partition coefficient (Wildman–Crippen LogP) is 26.7. The Balaban J connectivity index is 0.000000133. The molecule has 0 radical (unpaired) electrons. The fourth-order valence-corrected chi connectivity index (χ4v) is 19.7. The first-order valence-electron chi connectivity index (χ1n) is 34.1. The summed E-state index contributed by atoms with van der Waals surface area (Å²) in [5.41, 5.74) is 28.1. The molecule has 98 heavy (non-hydrogen) atoms. The monoisotopic (exact) mass is 1280 g/mol. The second kappa shape index (κ2) is 21.6. The van der Waals surface area contributed by atoms with Crippen LogP contribution in [0.3, 0.4) is 0 Å². The van der Waals surface area contributed by atoms with Crippen LogP contribution in [0.25, 0.3) is 173 Å². The van der Waals surface area contributed by atoms with Crippen molar-refractivity contribution in [2.75, 3.05) is 0 Å². The molecule has 462 valence electrons. The Kier molecular flexibility index (Phi) is 12.5. The summed E-state index contributed by atoms with van der Waals surface area (Å²) < 4.78 is 10.5. The smallest absolute Gasteiger partial charge is 0.0541 e. The maximum Gasteiger partial charge on any atom is 0.0541 e. The molecule has 2 aliphatic carbocycles. The van der Waals surface area contributed by atoms with Gasteiger partial charge in [-0.05, 0) is 191 Å². The van der Waals surface area contributed by atoms with Crippen molar-refractivity contribution >= 4 is 117 Å². The van der Waals surface area contributed by atoms with E-state index in [1.165, 1.54) is 195 Å². The summed E-state index contributed by atoms with van der Waals surface area (Å²) >= 11 is 3.85. The highest BCUT2D eigenvalue weighted by molar-refractivity contribution is 7.26. The Bertz CT molecular complexity index is 6430. The van der Waals surface area contributed by atoms with Crippen molar-refractivity contribution in [1.29, 1.82) is 0 Å². The molecule has 0 spiro atoms. The van der Waals surface area contributed by atoms with Crippen LogP contribution in [0, 0.1) is 0 Å². The van der Waals surface area contributed by atoms with Crippen molar-refractivity contribution in [3.8, 4) is 78.1 Å². The first-order chi connectivity index (χ1) is 48.1. The van der Waals surface area contributed by atoms with Gasteiger partial charge in [0.1, 0.15) is 0 Å². The molecule has 21 rings (SSSR count). The third-order valence-electron chi connectivity index (χ3n) is 21.7. The molecule has 19 aromatic rings. The molecule has 0 fully saturated rings. The molecule has 4 heteroatoms. The van der Waals surface area contributed by atoms with E-state index in [0.717, 1.165) is 0 Å². The molecule has 4 aromatic heterocycles. The molecule has 0 amide bonds. The second-order valence-electron chi connectivity index (χ2n) is 27.9. The van der Waals surface area contributed by atoms with E-state index in [1.807, 2.05) is 22.7 Å². The number of thiophene rings is 2. The lowest BCUT2D eigenvalue weighted by Gasteiger charge is -2.23. The average molecular weight is 1290 g/mol. The van der Waals surface area contributed by atoms with E-state index in [2.05, 4.69) is 352 Å². The van der Waals surface area contributed by atoms with Crippen molar-refractivity contribution < 1.29 is 0 Å². The van der Waals surface area contributed by atoms with Crippen LogP contribution in [0.4, 0.5) is 0 Å². The Morgan fingerprint density at radius 2 is 0.704 bits per heavy atom. The van der Waals surface area contributed by atoms with Gasteiger partial charge in [-0.15, -0.1) is 22.7 Å². The van der Waals surface area contributed by atoms with Crippen molar-refractivity contribution in [2.45, 2.75) is 38.5 Å². The maximum atomic E-state index is 2.49. The summed E-state index contributed by atoms with van der Waals surface area (Å²) in [6, 6.07) is 117. The molecule has 2 nitrogen and oxygen atoms in total. The molecule has 4 heterocycles. The maximum absolute atomic E-state index is 2.49. The number of aromatic nitrogens is 2. The van der Waals surface area contributed by atoms with E-state index >= 15 is 0 Å². The van der Waals surface area contributed by atoms with Gasteiger partial charge in [-0.2, -0.15) is 0 Å².